The molecule has 0 radical (unpaired) electrons. The Morgan fingerprint density at radius 1 is 0.697 bits per heavy atom. The van der Waals surface area contributed by atoms with E-state index in [0.717, 1.165) is 15.6 Å². The first-order valence-corrected chi connectivity index (χ1v) is 11.1. The summed E-state index contributed by atoms with van der Waals surface area (Å²) in [5.74, 6) is 0.0560. The number of rotatable bonds is 7. The highest BCUT2D eigenvalue weighted by Gasteiger charge is 2.10. The molecular formula is C27H21BrN2O3. The summed E-state index contributed by atoms with van der Waals surface area (Å²) >= 11 is 3.52. The van der Waals surface area contributed by atoms with Gasteiger partial charge >= 0.3 is 0 Å². The second kappa shape index (κ2) is 10.6. The van der Waals surface area contributed by atoms with Crippen LogP contribution in [0.5, 0.6) is 5.75 Å². The second-order valence-corrected chi connectivity index (χ2v) is 8.10. The van der Waals surface area contributed by atoms with E-state index in [0.29, 0.717) is 22.7 Å². The number of hydrogen-bond donors (Lipinski definition) is 2. The number of halogens is 1. The molecule has 2 N–H and O–H groups in total. The van der Waals surface area contributed by atoms with Crippen molar-refractivity contribution in [2.75, 3.05) is 17.2 Å². The van der Waals surface area contributed by atoms with Gasteiger partial charge in [0, 0.05) is 16.9 Å². The lowest BCUT2D eigenvalue weighted by atomic mass is 10.1. The SMILES string of the molecule is O=C(COc1ccc(-c2ccccc2)cc1Br)Nc1cccc(NC(=O)c2ccccc2)c1. The van der Waals surface area contributed by atoms with Crippen LogP contribution < -0.4 is 15.4 Å². The largest absolute Gasteiger partial charge is 0.483 e. The molecule has 0 aliphatic carbocycles. The van der Waals surface area contributed by atoms with E-state index in [2.05, 4.69) is 26.6 Å². The molecule has 0 saturated heterocycles. The molecule has 5 nitrogen and oxygen atoms in total. The highest BCUT2D eigenvalue weighted by molar-refractivity contribution is 9.10. The van der Waals surface area contributed by atoms with Crippen LogP contribution in [-0.4, -0.2) is 18.4 Å². The van der Waals surface area contributed by atoms with Crippen molar-refractivity contribution in [3.8, 4) is 16.9 Å². The van der Waals surface area contributed by atoms with Crippen molar-refractivity contribution in [1.29, 1.82) is 0 Å². The number of carbonyl (C=O) groups is 2. The maximum Gasteiger partial charge on any atom is 0.262 e. The fraction of sp³-hybridized carbons (Fsp3) is 0.0370. The molecule has 0 bridgehead atoms. The Morgan fingerprint density at radius 2 is 1.36 bits per heavy atom. The molecule has 4 rings (SSSR count). The number of carbonyl (C=O) groups excluding carboxylic acids is 2. The second-order valence-electron chi connectivity index (χ2n) is 7.25. The zero-order chi connectivity index (χ0) is 23.0. The van der Waals surface area contributed by atoms with Gasteiger partial charge in [-0.15, -0.1) is 0 Å². The minimum Gasteiger partial charge on any atom is -0.483 e. The first-order chi connectivity index (χ1) is 16.1. The van der Waals surface area contributed by atoms with Gasteiger partial charge in [0.25, 0.3) is 11.8 Å². The molecule has 0 fully saturated rings. The molecule has 164 valence electrons. The van der Waals surface area contributed by atoms with Gasteiger partial charge < -0.3 is 15.4 Å². The van der Waals surface area contributed by atoms with Gasteiger partial charge in [0.15, 0.2) is 6.61 Å². The predicted octanol–water partition coefficient (Wildman–Crippen LogP) is 6.39. The van der Waals surface area contributed by atoms with Gasteiger partial charge in [0.2, 0.25) is 0 Å². The summed E-state index contributed by atoms with van der Waals surface area (Å²) in [6, 6.07) is 31.7. The summed E-state index contributed by atoms with van der Waals surface area (Å²) < 4.78 is 6.45. The average molecular weight is 501 g/mol. The number of nitrogens with one attached hydrogen (secondary N) is 2. The van der Waals surface area contributed by atoms with Gasteiger partial charge in [0.05, 0.1) is 4.47 Å². The van der Waals surface area contributed by atoms with Crippen molar-refractivity contribution in [3.63, 3.8) is 0 Å². The smallest absolute Gasteiger partial charge is 0.262 e. The maximum absolute atomic E-state index is 12.4. The highest BCUT2D eigenvalue weighted by atomic mass is 79.9. The minimum absolute atomic E-state index is 0.149. The topological polar surface area (TPSA) is 67.4 Å². The quantitative estimate of drug-likeness (QED) is 0.309. The van der Waals surface area contributed by atoms with Gasteiger partial charge in [-0.2, -0.15) is 0 Å². The monoisotopic (exact) mass is 500 g/mol. The molecule has 0 saturated carbocycles. The molecule has 6 heteroatoms. The van der Waals surface area contributed by atoms with Gasteiger partial charge in [-0.05, 0) is 69.5 Å². The average Bonchev–Trinajstić information content (AvgIpc) is 2.84. The van der Waals surface area contributed by atoms with E-state index >= 15 is 0 Å². The number of ether oxygens (including phenoxy) is 1. The third-order valence-corrected chi connectivity index (χ3v) is 5.46. The Morgan fingerprint density at radius 3 is 2.06 bits per heavy atom. The highest BCUT2D eigenvalue weighted by Crippen LogP contribution is 2.30. The Balaban J connectivity index is 1.34. The molecule has 0 aliphatic heterocycles. The van der Waals surface area contributed by atoms with Crippen LogP contribution in [0.3, 0.4) is 0 Å². The van der Waals surface area contributed by atoms with Crippen molar-refractivity contribution in [3.05, 3.63) is 113 Å². The van der Waals surface area contributed by atoms with Gasteiger partial charge in [-0.1, -0.05) is 60.7 Å². The Kier molecular flexibility index (Phi) is 7.17. The van der Waals surface area contributed by atoms with Gasteiger partial charge in [0.1, 0.15) is 5.75 Å². The molecule has 0 heterocycles. The summed E-state index contributed by atoms with van der Waals surface area (Å²) in [5.41, 5.74) is 3.86. The van der Waals surface area contributed by atoms with E-state index in [4.69, 9.17) is 4.74 Å². The Hall–Kier alpha value is -3.90. The van der Waals surface area contributed by atoms with Crippen molar-refractivity contribution in [1.82, 2.24) is 0 Å². The first kappa shape index (κ1) is 22.3. The maximum atomic E-state index is 12.4. The molecule has 0 aliphatic rings. The molecule has 0 aromatic heterocycles. The van der Waals surface area contributed by atoms with E-state index in [1.54, 1.807) is 48.5 Å². The van der Waals surface area contributed by atoms with Crippen molar-refractivity contribution < 1.29 is 14.3 Å². The van der Waals surface area contributed by atoms with E-state index < -0.39 is 0 Å². The first-order valence-electron chi connectivity index (χ1n) is 10.3. The fourth-order valence-electron chi connectivity index (χ4n) is 3.24. The third-order valence-electron chi connectivity index (χ3n) is 4.84. The van der Waals surface area contributed by atoms with Crippen molar-refractivity contribution >= 4 is 39.1 Å². The van der Waals surface area contributed by atoms with Crippen molar-refractivity contribution in [2.24, 2.45) is 0 Å². The Bertz CT molecular complexity index is 1260. The van der Waals surface area contributed by atoms with Crippen molar-refractivity contribution in [2.45, 2.75) is 0 Å². The molecule has 0 atom stereocenters. The predicted molar refractivity (Wildman–Crippen MR) is 135 cm³/mol. The summed E-state index contributed by atoms with van der Waals surface area (Å²) in [6.45, 7) is -0.149. The van der Waals surface area contributed by atoms with Crippen LogP contribution in [0.4, 0.5) is 11.4 Å². The molecule has 0 unspecified atom stereocenters. The van der Waals surface area contributed by atoms with Gasteiger partial charge in [-0.3, -0.25) is 9.59 Å². The minimum atomic E-state index is -0.305. The van der Waals surface area contributed by atoms with Crippen LogP contribution >= 0.6 is 15.9 Å². The normalized spacial score (nSPS) is 10.3. The number of benzene rings is 4. The lowest BCUT2D eigenvalue weighted by molar-refractivity contribution is -0.118. The van der Waals surface area contributed by atoms with Crippen LogP contribution in [-0.2, 0) is 4.79 Å². The number of amides is 2. The molecule has 2 amide bonds. The molecule has 33 heavy (non-hydrogen) atoms. The summed E-state index contributed by atoms with van der Waals surface area (Å²) in [7, 11) is 0. The molecule has 4 aromatic carbocycles. The Labute approximate surface area is 200 Å². The number of hydrogen-bond acceptors (Lipinski definition) is 3. The van der Waals surface area contributed by atoms with Crippen LogP contribution in [0, 0.1) is 0 Å². The third kappa shape index (κ3) is 6.08. The van der Waals surface area contributed by atoms with Crippen LogP contribution in [0.1, 0.15) is 10.4 Å². The van der Waals surface area contributed by atoms with E-state index in [9.17, 15) is 9.59 Å². The van der Waals surface area contributed by atoms with Gasteiger partial charge in [-0.25, -0.2) is 0 Å². The zero-order valence-electron chi connectivity index (χ0n) is 17.6. The molecule has 4 aromatic rings. The zero-order valence-corrected chi connectivity index (χ0v) is 19.2. The lowest BCUT2D eigenvalue weighted by Crippen LogP contribution is -2.20. The van der Waals surface area contributed by atoms with Crippen LogP contribution in [0.25, 0.3) is 11.1 Å². The molecular weight excluding hydrogens is 480 g/mol. The van der Waals surface area contributed by atoms with Crippen LogP contribution in [0.2, 0.25) is 0 Å². The van der Waals surface area contributed by atoms with E-state index in [1.165, 1.54) is 0 Å². The number of anilines is 2. The van der Waals surface area contributed by atoms with E-state index in [1.807, 2.05) is 54.6 Å². The lowest BCUT2D eigenvalue weighted by Gasteiger charge is -2.11. The standard InChI is InChI=1S/C27H21BrN2O3/c28-24-16-21(19-8-3-1-4-9-19)14-15-25(24)33-18-26(31)29-22-12-7-13-23(17-22)30-27(32)20-10-5-2-6-11-20/h1-17H,18H2,(H,29,31)(H,30,32). The summed E-state index contributed by atoms with van der Waals surface area (Å²) in [4.78, 5) is 24.7. The van der Waals surface area contributed by atoms with Crippen LogP contribution in [0.15, 0.2) is 108 Å². The fourth-order valence-corrected chi connectivity index (χ4v) is 3.73. The molecule has 0 spiro atoms. The summed E-state index contributed by atoms with van der Waals surface area (Å²) in [5, 5.41) is 5.62. The van der Waals surface area contributed by atoms with E-state index in [-0.39, 0.29) is 18.4 Å². The summed E-state index contributed by atoms with van der Waals surface area (Å²) in [6.07, 6.45) is 0.